The van der Waals surface area contributed by atoms with E-state index in [0.29, 0.717) is 0 Å². The molecule has 0 unspecified atom stereocenters. The fourth-order valence-corrected chi connectivity index (χ4v) is 3.46. The van der Waals surface area contributed by atoms with Crippen LogP contribution in [0.3, 0.4) is 0 Å². The largest absolute Gasteiger partial charge is 0.308 e. The molecule has 21 heavy (non-hydrogen) atoms. The second kappa shape index (κ2) is 8.21. The molecular formula is C18H30N2S. The third kappa shape index (κ3) is 6.86. The van der Waals surface area contributed by atoms with Gasteiger partial charge in [-0.3, -0.25) is 0 Å². The quantitative estimate of drug-likeness (QED) is 0.795. The molecule has 0 atom stereocenters. The number of piperidine rings is 1. The molecule has 2 nitrogen and oxygen atoms in total. The van der Waals surface area contributed by atoms with Crippen molar-refractivity contribution in [2.45, 2.75) is 57.0 Å². The van der Waals surface area contributed by atoms with E-state index in [4.69, 9.17) is 0 Å². The summed E-state index contributed by atoms with van der Waals surface area (Å²) >= 11 is 1.98. The number of nitrogens with one attached hydrogen (secondary N) is 1. The second-order valence-corrected chi connectivity index (χ2v) is 8.17. The van der Waals surface area contributed by atoms with Gasteiger partial charge < -0.3 is 10.2 Å². The monoisotopic (exact) mass is 306 g/mol. The normalized spacial score (nSPS) is 17.1. The molecule has 118 valence electrons. The van der Waals surface area contributed by atoms with Gasteiger partial charge in [0.15, 0.2) is 0 Å². The van der Waals surface area contributed by atoms with Crippen molar-refractivity contribution in [3.63, 3.8) is 0 Å². The Morgan fingerprint density at radius 1 is 1.05 bits per heavy atom. The van der Waals surface area contributed by atoms with Crippen LogP contribution in [0, 0.1) is 0 Å². The first-order valence-corrected chi connectivity index (χ1v) is 9.21. The summed E-state index contributed by atoms with van der Waals surface area (Å²) in [5, 5.41) is 3.53. The smallest absolute Gasteiger partial charge is 0.0210 e. The number of hydrogen-bond acceptors (Lipinski definition) is 3. The van der Waals surface area contributed by atoms with Crippen LogP contribution in [-0.2, 0) is 6.54 Å². The third-order valence-corrected chi connectivity index (χ3v) is 4.86. The minimum absolute atomic E-state index is 0.182. The first kappa shape index (κ1) is 16.9. The van der Waals surface area contributed by atoms with Crippen molar-refractivity contribution in [2.75, 3.05) is 25.4 Å². The lowest BCUT2D eigenvalue weighted by molar-refractivity contribution is 0.242. The Labute approximate surface area is 134 Å². The molecule has 0 radical (unpaired) electrons. The van der Waals surface area contributed by atoms with Gasteiger partial charge in [0.05, 0.1) is 0 Å². The standard InChI is InChI=1S/C18H30N2S/c1-18(2,3)19-15-16-7-9-17(10-8-16)21-14-13-20-11-5-4-6-12-20/h7-10,19H,4-6,11-15H2,1-3H3. The van der Waals surface area contributed by atoms with Gasteiger partial charge >= 0.3 is 0 Å². The predicted molar refractivity (Wildman–Crippen MR) is 94.0 cm³/mol. The Hall–Kier alpha value is -0.510. The van der Waals surface area contributed by atoms with Gasteiger partial charge in [0.25, 0.3) is 0 Å². The second-order valence-electron chi connectivity index (χ2n) is 7.00. The molecule has 1 saturated heterocycles. The average molecular weight is 307 g/mol. The fraction of sp³-hybridized carbons (Fsp3) is 0.667. The van der Waals surface area contributed by atoms with Gasteiger partial charge in [0, 0.05) is 29.3 Å². The SMILES string of the molecule is CC(C)(C)NCc1ccc(SCCN2CCCCC2)cc1. The van der Waals surface area contributed by atoms with Crippen molar-refractivity contribution in [3.05, 3.63) is 29.8 Å². The van der Waals surface area contributed by atoms with Crippen LogP contribution in [0.25, 0.3) is 0 Å². The van der Waals surface area contributed by atoms with Crippen LogP contribution >= 0.6 is 11.8 Å². The van der Waals surface area contributed by atoms with E-state index in [2.05, 4.69) is 55.3 Å². The summed E-state index contributed by atoms with van der Waals surface area (Å²) in [6, 6.07) is 9.03. The van der Waals surface area contributed by atoms with Crippen molar-refractivity contribution >= 4 is 11.8 Å². The van der Waals surface area contributed by atoms with E-state index in [0.717, 1.165) is 6.54 Å². The highest BCUT2D eigenvalue weighted by atomic mass is 32.2. The maximum absolute atomic E-state index is 3.53. The minimum Gasteiger partial charge on any atom is -0.308 e. The van der Waals surface area contributed by atoms with E-state index in [1.807, 2.05) is 11.8 Å². The van der Waals surface area contributed by atoms with Crippen LogP contribution in [0.4, 0.5) is 0 Å². The third-order valence-electron chi connectivity index (χ3n) is 3.87. The maximum atomic E-state index is 3.53. The summed E-state index contributed by atoms with van der Waals surface area (Å²) in [7, 11) is 0. The maximum Gasteiger partial charge on any atom is 0.0210 e. The van der Waals surface area contributed by atoms with Gasteiger partial charge in [0.1, 0.15) is 0 Å². The van der Waals surface area contributed by atoms with Gasteiger partial charge in [-0.25, -0.2) is 0 Å². The van der Waals surface area contributed by atoms with Gasteiger partial charge in [0.2, 0.25) is 0 Å². The number of thioether (sulfide) groups is 1. The topological polar surface area (TPSA) is 15.3 Å². The number of likely N-dealkylation sites (tertiary alicyclic amines) is 1. The Morgan fingerprint density at radius 3 is 2.33 bits per heavy atom. The number of rotatable bonds is 6. The summed E-state index contributed by atoms with van der Waals surface area (Å²) in [6.07, 6.45) is 4.20. The van der Waals surface area contributed by atoms with Crippen LogP contribution < -0.4 is 5.32 Å². The summed E-state index contributed by atoms with van der Waals surface area (Å²) in [4.78, 5) is 4.00. The zero-order chi connectivity index (χ0) is 15.1. The van der Waals surface area contributed by atoms with Crippen LogP contribution in [-0.4, -0.2) is 35.8 Å². The lowest BCUT2D eigenvalue weighted by Gasteiger charge is -2.26. The highest BCUT2D eigenvalue weighted by Gasteiger charge is 2.10. The Kier molecular flexibility index (Phi) is 6.59. The number of nitrogens with zero attached hydrogens (tertiary/aromatic N) is 1. The zero-order valence-electron chi connectivity index (χ0n) is 13.8. The van der Waals surface area contributed by atoms with Crippen molar-refractivity contribution < 1.29 is 0 Å². The van der Waals surface area contributed by atoms with Gasteiger partial charge in [-0.2, -0.15) is 0 Å². The summed E-state index contributed by atoms with van der Waals surface area (Å²) in [5.41, 5.74) is 1.55. The van der Waals surface area contributed by atoms with E-state index in [-0.39, 0.29) is 5.54 Å². The first-order chi connectivity index (χ1) is 10.0. The lowest BCUT2D eigenvalue weighted by Crippen LogP contribution is -2.35. The van der Waals surface area contributed by atoms with Crippen LogP contribution in [0.1, 0.15) is 45.6 Å². The molecule has 0 aromatic heterocycles. The summed E-state index contributed by atoms with van der Waals surface area (Å²) in [6.45, 7) is 11.4. The zero-order valence-corrected chi connectivity index (χ0v) is 14.6. The van der Waals surface area contributed by atoms with E-state index in [1.54, 1.807) is 0 Å². The van der Waals surface area contributed by atoms with Crippen molar-refractivity contribution in [1.82, 2.24) is 10.2 Å². The molecular weight excluding hydrogens is 276 g/mol. The number of benzene rings is 1. The van der Waals surface area contributed by atoms with Gasteiger partial charge in [-0.15, -0.1) is 11.8 Å². The van der Waals surface area contributed by atoms with E-state index in [9.17, 15) is 0 Å². The molecule has 1 aromatic carbocycles. The van der Waals surface area contributed by atoms with Crippen molar-refractivity contribution in [2.24, 2.45) is 0 Å². The van der Waals surface area contributed by atoms with Crippen LogP contribution in [0.5, 0.6) is 0 Å². The predicted octanol–water partition coefficient (Wildman–Crippen LogP) is 4.15. The molecule has 0 saturated carbocycles. The number of hydrogen-bond donors (Lipinski definition) is 1. The summed E-state index contributed by atoms with van der Waals surface area (Å²) < 4.78 is 0. The average Bonchev–Trinajstić information content (AvgIpc) is 2.47. The highest BCUT2D eigenvalue weighted by Crippen LogP contribution is 2.19. The van der Waals surface area contributed by atoms with Crippen molar-refractivity contribution in [1.29, 1.82) is 0 Å². The molecule has 1 N–H and O–H groups in total. The minimum atomic E-state index is 0.182. The molecule has 1 aliphatic rings. The molecule has 3 heteroatoms. The van der Waals surface area contributed by atoms with E-state index < -0.39 is 0 Å². The van der Waals surface area contributed by atoms with Crippen LogP contribution in [0.15, 0.2) is 29.2 Å². The van der Waals surface area contributed by atoms with E-state index in [1.165, 1.54) is 55.1 Å². The molecule has 1 fully saturated rings. The van der Waals surface area contributed by atoms with Gasteiger partial charge in [-0.05, 0) is 64.4 Å². The van der Waals surface area contributed by atoms with Crippen molar-refractivity contribution in [3.8, 4) is 0 Å². The summed E-state index contributed by atoms with van der Waals surface area (Å²) in [5.74, 6) is 1.21. The highest BCUT2D eigenvalue weighted by molar-refractivity contribution is 7.99. The molecule has 0 aliphatic carbocycles. The van der Waals surface area contributed by atoms with Crippen LogP contribution in [0.2, 0.25) is 0 Å². The molecule has 0 amide bonds. The molecule has 1 aliphatic heterocycles. The molecule has 1 aromatic rings. The molecule has 0 spiro atoms. The van der Waals surface area contributed by atoms with Gasteiger partial charge in [-0.1, -0.05) is 18.6 Å². The Balaban J connectivity index is 1.69. The Bertz CT molecular complexity index is 402. The Morgan fingerprint density at radius 2 is 1.71 bits per heavy atom. The molecule has 2 rings (SSSR count). The molecule has 1 heterocycles. The lowest BCUT2D eigenvalue weighted by atomic mass is 10.1. The molecule has 0 bridgehead atoms. The fourth-order valence-electron chi connectivity index (χ4n) is 2.55. The first-order valence-electron chi connectivity index (χ1n) is 8.22. The van der Waals surface area contributed by atoms with E-state index >= 15 is 0 Å².